The van der Waals surface area contributed by atoms with E-state index in [1.54, 1.807) is 4.90 Å². The van der Waals surface area contributed by atoms with Gasteiger partial charge >= 0.3 is 5.97 Å². The summed E-state index contributed by atoms with van der Waals surface area (Å²) in [5.74, 6) is -0.320. The van der Waals surface area contributed by atoms with Crippen molar-refractivity contribution < 1.29 is 14.7 Å². The lowest BCUT2D eigenvalue weighted by atomic mass is 9.84. The minimum Gasteiger partial charge on any atom is -0.481 e. The maximum atomic E-state index is 12.2. The van der Waals surface area contributed by atoms with Crippen molar-refractivity contribution in [3.05, 3.63) is 12.2 Å². The van der Waals surface area contributed by atoms with Crippen LogP contribution < -0.4 is 5.32 Å². The fraction of sp³-hybridized carbons (Fsp3) is 0.750. The smallest absolute Gasteiger partial charge is 0.308 e. The number of carboxylic acid groups (broad SMARTS) is 1. The van der Waals surface area contributed by atoms with Gasteiger partial charge in [-0.1, -0.05) is 12.2 Å². The van der Waals surface area contributed by atoms with Crippen LogP contribution in [0, 0.1) is 17.8 Å². The van der Waals surface area contributed by atoms with Gasteiger partial charge in [0.25, 0.3) is 0 Å². The van der Waals surface area contributed by atoms with Crippen LogP contribution in [0.3, 0.4) is 0 Å². The first-order chi connectivity index (χ1) is 9.93. The predicted octanol–water partition coefficient (Wildman–Crippen LogP) is 1.50. The average molecular weight is 294 g/mol. The Kier molecular flexibility index (Phi) is 5.04. The van der Waals surface area contributed by atoms with Crippen LogP contribution in [-0.4, -0.2) is 47.6 Å². The zero-order valence-corrected chi connectivity index (χ0v) is 13.0. The van der Waals surface area contributed by atoms with Gasteiger partial charge in [0.15, 0.2) is 0 Å². The molecule has 0 radical (unpaired) electrons. The van der Waals surface area contributed by atoms with Gasteiger partial charge in [-0.15, -0.1) is 0 Å². The molecule has 2 saturated carbocycles. The highest BCUT2D eigenvalue weighted by atomic mass is 16.4. The van der Waals surface area contributed by atoms with Crippen LogP contribution in [0.5, 0.6) is 0 Å². The molecule has 2 aliphatic rings. The van der Waals surface area contributed by atoms with E-state index >= 15 is 0 Å². The van der Waals surface area contributed by atoms with E-state index in [0.29, 0.717) is 19.0 Å². The molecule has 1 amide bonds. The second-order valence-electron chi connectivity index (χ2n) is 6.47. The number of nitrogens with one attached hydrogen (secondary N) is 1. The number of fused-ring (bicyclic) bond motifs is 2. The van der Waals surface area contributed by atoms with Gasteiger partial charge in [0.1, 0.15) is 0 Å². The van der Waals surface area contributed by atoms with Crippen molar-refractivity contribution in [1.29, 1.82) is 0 Å². The van der Waals surface area contributed by atoms with Crippen LogP contribution in [0.2, 0.25) is 0 Å². The van der Waals surface area contributed by atoms with Crippen LogP contribution in [-0.2, 0) is 9.59 Å². The zero-order valence-electron chi connectivity index (χ0n) is 13.0. The van der Waals surface area contributed by atoms with E-state index in [1.807, 2.05) is 13.8 Å². The first-order valence-corrected chi connectivity index (χ1v) is 7.82. The number of carboxylic acids is 1. The molecule has 2 rings (SSSR count). The summed E-state index contributed by atoms with van der Waals surface area (Å²) in [5.41, 5.74) is 0.952. The Morgan fingerprint density at radius 3 is 2.57 bits per heavy atom. The van der Waals surface area contributed by atoms with Crippen molar-refractivity contribution in [2.24, 2.45) is 17.8 Å². The summed E-state index contributed by atoms with van der Waals surface area (Å²) >= 11 is 0. The highest BCUT2D eigenvalue weighted by Gasteiger charge is 2.50. The minimum absolute atomic E-state index is 0.0208. The average Bonchev–Trinajstić information content (AvgIpc) is 3.02. The molecule has 0 spiro atoms. The van der Waals surface area contributed by atoms with Gasteiger partial charge in [-0.3, -0.25) is 9.59 Å². The molecule has 5 nitrogen and oxygen atoms in total. The number of carbonyl (C=O) groups is 2. The molecule has 4 unspecified atom stereocenters. The molecular formula is C16H26N2O3. The number of aliphatic carboxylic acids is 1. The van der Waals surface area contributed by atoms with E-state index in [-0.39, 0.29) is 30.3 Å². The Balaban J connectivity index is 1.91. The van der Waals surface area contributed by atoms with Gasteiger partial charge in [-0.05, 0) is 44.9 Å². The molecule has 2 bridgehead atoms. The summed E-state index contributed by atoms with van der Waals surface area (Å²) in [4.78, 5) is 25.4. The molecule has 0 aromatic carbocycles. The van der Waals surface area contributed by atoms with Crippen molar-refractivity contribution >= 4 is 11.9 Å². The summed E-state index contributed by atoms with van der Waals surface area (Å²) in [5, 5.41) is 12.6. The molecular weight excluding hydrogens is 268 g/mol. The van der Waals surface area contributed by atoms with E-state index in [9.17, 15) is 14.7 Å². The van der Waals surface area contributed by atoms with Crippen LogP contribution in [0.1, 0.15) is 33.1 Å². The van der Waals surface area contributed by atoms with Gasteiger partial charge in [0, 0.05) is 19.1 Å². The molecule has 2 N–H and O–H groups in total. The van der Waals surface area contributed by atoms with Crippen LogP contribution in [0.4, 0.5) is 0 Å². The lowest BCUT2D eigenvalue weighted by Crippen LogP contribution is -2.48. The predicted molar refractivity (Wildman–Crippen MR) is 80.8 cm³/mol. The first-order valence-electron chi connectivity index (χ1n) is 7.82. The number of rotatable bonds is 7. The van der Waals surface area contributed by atoms with Crippen molar-refractivity contribution in [2.75, 3.05) is 19.6 Å². The lowest BCUT2D eigenvalue weighted by molar-refractivity contribution is -0.145. The van der Waals surface area contributed by atoms with E-state index in [0.717, 1.165) is 24.8 Å². The summed E-state index contributed by atoms with van der Waals surface area (Å²) < 4.78 is 0. The Bertz CT molecular complexity index is 435. The molecule has 118 valence electrons. The molecule has 4 atom stereocenters. The fourth-order valence-electron chi connectivity index (χ4n) is 3.96. The fourth-order valence-corrected chi connectivity index (χ4v) is 3.96. The number of nitrogens with zero attached hydrogens (tertiary/aromatic N) is 1. The molecule has 0 aromatic rings. The number of likely N-dealkylation sites (N-methyl/N-ethyl adjacent to an activating group) is 1. The van der Waals surface area contributed by atoms with E-state index in [4.69, 9.17) is 0 Å². The minimum atomic E-state index is -0.721. The first kappa shape index (κ1) is 16.0. The standard InChI is InChI=1S/C16H26N2O3/c1-4-18(9-10(2)3)13(19)8-17-15-12-6-5-11(7-12)14(15)16(20)21/h11-12,14-15,17H,2,4-9H2,1,3H3,(H,20,21). The number of carbonyl (C=O) groups excluding carboxylic acids is 1. The quantitative estimate of drug-likeness (QED) is 0.698. The lowest BCUT2D eigenvalue weighted by Gasteiger charge is -2.30. The third-order valence-electron chi connectivity index (χ3n) is 4.89. The summed E-state index contributed by atoms with van der Waals surface area (Å²) in [7, 11) is 0. The molecule has 0 aliphatic heterocycles. The van der Waals surface area contributed by atoms with Gasteiger partial charge in [-0.25, -0.2) is 0 Å². The normalized spacial score (nSPS) is 30.4. The summed E-state index contributed by atoms with van der Waals surface area (Å²) in [6, 6.07) is -0.0475. The van der Waals surface area contributed by atoms with Crippen molar-refractivity contribution in [2.45, 2.75) is 39.2 Å². The van der Waals surface area contributed by atoms with Crippen LogP contribution in [0.25, 0.3) is 0 Å². The Labute approximate surface area is 126 Å². The number of amides is 1. The molecule has 5 heteroatoms. The van der Waals surface area contributed by atoms with Crippen molar-refractivity contribution in [1.82, 2.24) is 10.2 Å². The van der Waals surface area contributed by atoms with E-state index < -0.39 is 5.97 Å². The molecule has 2 fully saturated rings. The molecule has 21 heavy (non-hydrogen) atoms. The van der Waals surface area contributed by atoms with Crippen LogP contribution in [0.15, 0.2) is 12.2 Å². The van der Waals surface area contributed by atoms with E-state index in [1.165, 1.54) is 0 Å². The number of hydrogen-bond acceptors (Lipinski definition) is 3. The second kappa shape index (κ2) is 6.60. The maximum Gasteiger partial charge on any atom is 0.308 e. The van der Waals surface area contributed by atoms with E-state index in [2.05, 4.69) is 11.9 Å². The highest BCUT2D eigenvalue weighted by Crippen LogP contribution is 2.48. The van der Waals surface area contributed by atoms with Crippen molar-refractivity contribution in [3.8, 4) is 0 Å². The maximum absolute atomic E-state index is 12.2. The van der Waals surface area contributed by atoms with Crippen LogP contribution >= 0.6 is 0 Å². The van der Waals surface area contributed by atoms with Gasteiger partial charge < -0.3 is 15.3 Å². The topological polar surface area (TPSA) is 69.6 Å². The SMILES string of the molecule is C=C(C)CN(CC)C(=O)CNC1C2CCC(C2)C1C(=O)O. The summed E-state index contributed by atoms with van der Waals surface area (Å²) in [6.07, 6.45) is 3.10. The second-order valence-corrected chi connectivity index (χ2v) is 6.47. The number of hydrogen-bond donors (Lipinski definition) is 2. The Morgan fingerprint density at radius 1 is 1.33 bits per heavy atom. The van der Waals surface area contributed by atoms with Gasteiger partial charge in [0.2, 0.25) is 5.91 Å². The molecule has 0 saturated heterocycles. The monoisotopic (exact) mass is 294 g/mol. The van der Waals surface area contributed by atoms with Crippen molar-refractivity contribution in [3.63, 3.8) is 0 Å². The molecule has 0 aromatic heterocycles. The molecule has 2 aliphatic carbocycles. The third kappa shape index (κ3) is 3.46. The Morgan fingerprint density at radius 2 is 2.00 bits per heavy atom. The zero-order chi connectivity index (χ0) is 15.6. The van der Waals surface area contributed by atoms with Gasteiger partial charge in [-0.2, -0.15) is 0 Å². The Hall–Kier alpha value is -1.36. The summed E-state index contributed by atoms with van der Waals surface area (Å²) in [6.45, 7) is 9.11. The largest absolute Gasteiger partial charge is 0.481 e. The highest BCUT2D eigenvalue weighted by molar-refractivity contribution is 5.79. The molecule has 0 heterocycles. The van der Waals surface area contributed by atoms with Gasteiger partial charge in [0.05, 0.1) is 12.5 Å². The third-order valence-corrected chi connectivity index (χ3v) is 4.89.